The van der Waals surface area contributed by atoms with Gasteiger partial charge >= 0.3 is 0 Å². The lowest BCUT2D eigenvalue weighted by Gasteiger charge is -2.39. The number of carbonyl (C=O) groups is 1. The first-order valence-corrected chi connectivity index (χ1v) is 7.65. The van der Waals surface area contributed by atoms with Gasteiger partial charge < -0.3 is 15.0 Å². The highest BCUT2D eigenvalue weighted by atomic mass is 35.5. The summed E-state index contributed by atoms with van der Waals surface area (Å²) in [6.07, 6.45) is 1.53. The van der Waals surface area contributed by atoms with Crippen molar-refractivity contribution in [2.75, 3.05) is 40.4 Å². The summed E-state index contributed by atoms with van der Waals surface area (Å²) in [5, 5.41) is 3.10. The van der Waals surface area contributed by atoms with Crippen LogP contribution < -0.4 is 5.32 Å². The first kappa shape index (κ1) is 18.9. The van der Waals surface area contributed by atoms with E-state index in [0.717, 1.165) is 31.5 Å². The SMILES string of the molecule is CNCCN(C)C(=O)C1(c2ccc(C)cc2)CCOCC1.Cl. The summed E-state index contributed by atoms with van der Waals surface area (Å²) < 4.78 is 5.50. The van der Waals surface area contributed by atoms with Gasteiger partial charge in [0.05, 0.1) is 5.41 Å². The fourth-order valence-corrected chi connectivity index (χ4v) is 2.96. The summed E-state index contributed by atoms with van der Waals surface area (Å²) in [6.45, 7) is 4.91. The number of hydrogen-bond acceptors (Lipinski definition) is 3. The Hall–Kier alpha value is -1.10. The number of rotatable bonds is 5. The third kappa shape index (κ3) is 4.00. The highest BCUT2D eigenvalue weighted by molar-refractivity contribution is 5.88. The van der Waals surface area contributed by atoms with Gasteiger partial charge in [-0.15, -0.1) is 12.4 Å². The quantitative estimate of drug-likeness (QED) is 0.901. The van der Waals surface area contributed by atoms with Crippen molar-refractivity contribution in [2.24, 2.45) is 0 Å². The second-order valence-electron chi connectivity index (χ2n) is 5.89. The Morgan fingerprint density at radius 2 is 1.86 bits per heavy atom. The summed E-state index contributed by atoms with van der Waals surface area (Å²) in [5.41, 5.74) is 1.92. The summed E-state index contributed by atoms with van der Waals surface area (Å²) >= 11 is 0. The normalized spacial score (nSPS) is 16.7. The number of aryl methyl sites for hydroxylation is 1. The minimum absolute atomic E-state index is 0. The Balaban J connectivity index is 0.00000242. The van der Waals surface area contributed by atoms with E-state index in [1.165, 1.54) is 5.56 Å². The highest BCUT2D eigenvalue weighted by Crippen LogP contribution is 2.36. The third-order valence-electron chi connectivity index (χ3n) is 4.40. The van der Waals surface area contributed by atoms with Gasteiger partial charge in [-0.2, -0.15) is 0 Å². The molecule has 4 nitrogen and oxygen atoms in total. The van der Waals surface area contributed by atoms with Gasteiger partial charge in [-0.1, -0.05) is 29.8 Å². The molecule has 124 valence electrons. The molecule has 1 aromatic carbocycles. The number of benzene rings is 1. The minimum Gasteiger partial charge on any atom is -0.381 e. The van der Waals surface area contributed by atoms with Crippen LogP contribution >= 0.6 is 12.4 Å². The van der Waals surface area contributed by atoms with Gasteiger partial charge in [-0.05, 0) is 32.4 Å². The molecule has 2 rings (SSSR count). The molecule has 1 aromatic rings. The molecular formula is C17H27ClN2O2. The van der Waals surface area contributed by atoms with E-state index in [1.807, 2.05) is 19.0 Å². The number of nitrogens with zero attached hydrogens (tertiary/aromatic N) is 1. The molecule has 0 aliphatic carbocycles. The molecule has 22 heavy (non-hydrogen) atoms. The molecule has 0 aromatic heterocycles. The minimum atomic E-state index is -0.422. The molecule has 0 atom stereocenters. The van der Waals surface area contributed by atoms with E-state index in [4.69, 9.17) is 4.74 Å². The van der Waals surface area contributed by atoms with Gasteiger partial charge in [0.25, 0.3) is 0 Å². The lowest BCUT2D eigenvalue weighted by molar-refractivity contribution is -0.140. The van der Waals surface area contributed by atoms with Gasteiger partial charge in [0.2, 0.25) is 5.91 Å². The van der Waals surface area contributed by atoms with Gasteiger partial charge in [0, 0.05) is 33.4 Å². The first-order chi connectivity index (χ1) is 10.1. The molecule has 1 aliphatic rings. The van der Waals surface area contributed by atoms with Crippen molar-refractivity contribution in [1.29, 1.82) is 0 Å². The standard InChI is InChI=1S/C17H26N2O2.ClH/c1-14-4-6-15(7-5-14)17(8-12-21-13-9-17)16(20)19(3)11-10-18-2;/h4-7,18H,8-13H2,1-3H3;1H. The summed E-state index contributed by atoms with van der Waals surface area (Å²) in [5.74, 6) is 0.213. The largest absolute Gasteiger partial charge is 0.381 e. The molecule has 0 radical (unpaired) electrons. The second kappa shape index (κ2) is 8.51. The van der Waals surface area contributed by atoms with Crippen molar-refractivity contribution in [3.05, 3.63) is 35.4 Å². The number of carbonyl (C=O) groups excluding carboxylic acids is 1. The number of hydrogen-bond donors (Lipinski definition) is 1. The Kier molecular flexibility index (Phi) is 7.33. The van der Waals surface area contributed by atoms with E-state index in [0.29, 0.717) is 13.2 Å². The fourth-order valence-electron chi connectivity index (χ4n) is 2.96. The summed E-state index contributed by atoms with van der Waals surface area (Å²) in [7, 11) is 3.80. The van der Waals surface area contributed by atoms with E-state index in [-0.39, 0.29) is 18.3 Å². The van der Waals surface area contributed by atoms with Gasteiger partial charge in [0.1, 0.15) is 0 Å². The third-order valence-corrected chi connectivity index (χ3v) is 4.40. The molecule has 0 bridgehead atoms. The predicted octanol–water partition coefficient (Wildman–Crippen LogP) is 2.14. The van der Waals surface area contributed by atoms with E-state index in [9.17, 15) is 4.79 Å². The molecule has 1 heterocycles. The van der Waals surface area contributed by atoms with Crippen LogP contribution in [0.4, 0.5) is 0 Å². The van der Waals surface area contributed by atoms with Crippen molar-refractivity contribution in [2.45, 2.75) is 25.2 Å². The average Bonchev–Trinajstić information content (AvgIpc) is 2.53. The number of halogens is 1. The van der Waals surface area contributed by atoms with Crippen LogP contribution in [0.25, 0.3) is 0 Å². The van der Waals surface area contributed by atoms with Crippen LogP contribution in [0.1, 0.15) is 24.0 Å². The molecule has 0 spiro atoms. The van der Waals surface area contributed by atoms with Crippen molar-refractivity contribution < 1.29 is 9.53 Å². The van der Waals surface area contributed by atoms with Crippen LogP contribution in [0.2, 0.25) is 0 Å². The average molecular weight is 327 g/mol. The lowest BCUT2D eigenvalue weighted by Crippen LogP contribution is -2.49. The zero-order valence-electron chi connectivity index (χ0n) is 13.7. The molecule has 0 saturated carbocycles. The van der Waals surface area contributed by atoms with Gasteiger partial charge in [-0.25, -0.2) is 0 Å². The van der Waals surface area contributed by atoms with Crippen molar-refractivity contribution >= 4 is 18.3 Å². The molecular weight excluding hydrogens is 300 g/mol. The fraction of sp³-hybridized carbons (Fsp3) is 0.588. The molecule has 1 fully saturated rings. The van der Waals surface area contributed by atoms with Crippen LogP contribution in [0.5, 0.6) is 0 Å². The zero-order chi connectivity index (χ0) is 15.3. The van der Waals surface area contributed by atoms with E-state index >= 15 is 0 Å². The number of amides is 1. The van der Waals surface area contributed by atoms with Crippen LogP contribution in [0.3, 0.4) is 0 Å². The second-order valence-corrected chi connectivity index (χ2v) is 5.89. The molecule has 1 saturated heterocycles. The zero-order valence-corrected chi connectivity index (χ0v) is 14.5. The molecule has 1 amide bonds. The Morgan fingerprint density at radius 3 is 2.41 bits per heavy atom. The maximum absolute atomic E-state index is 13.1. The van der Waals surface area contributed by atoms with E-state index < -0.39 is 5.41 Å². The van der Waals surface area contributed by atoms with Crippen molar-refractivity contribution in [3.8, 4) is 0 Å². The topological polar surface area (TPSA) is 41.6 Å². The predicted molar refractivity (Wildman–Crippen MR) is 91.7 cm³/mol. The van der Waals surface area contributed by atoms with Gasteiger partial charge in [-0.3, -0.25) is 4.79 Å². The van der Waals surface area contributed by atoms with Crippen LogP contribution in [-0.4, -0.2) is 51.2 Å². The Morgan fingerprint density at radius 1 is 1.27 bits per heavy atom. The van der Waals surface area contributed by atoms with Crippen LogP contribution in [-0.2, 0) is 14.9 Å². The Bertz CT molecular complexity index is 470. The van der Waals surface area contributed by atoms with E-state index in [1.54, 1.807) is 0 Å². The maximum Gasteiger partial charge on any atom is 0.233 e. The van der Waals surface area contributed by atoms with Crippen molar-refractivity contribution in [1.82, 2.24) is 10.2 Å². The summed E-state index contributed by atoms with van der Waals surface area (Å²) in [6, 6.07) is 8.38. The number of ether oxygens (including phenoxy) is 1. The molecule has 0 unspecified atom stereocenters. The smallest absolute Gasteiger partial charge is 0.233 e. The Labute approximate surface area is 139 Å². The highest BCUT2D eigenvalue weighted by Gasteiger charge is 2.43. The first-order valence-electron chi connectivity index (χ1n) is 7.65. The monoisotopic (exact) mass is 326 g/mol. The molecule has 5 heteroatoms. The van der Waals surface area contributed by atoms with E-state index in [2.05, 4.69) is 36.5 Å². The van der Waals surface area contributed by atoms with Gasteiger partial charge in [0.15, 0.2) is 0 Å². The van der Waals surface area contributed by atoms with Crippen LogP contribution in [0.15, 0.2) is 24.3 Å². The van der Waals surface area contributed by atoms with Crippen LogP contribution in [0, 0.1) is 6.92 Å². The molecule has 1 aliphatic heterocycles. The molecule has 1 N–H and O–H groups in total. The lowest BCUT2D eigenvalue weighted by atomic mass is 9.73. The number of likely N-dealkylation sites (N-methyl/N-ethyl adjacent to an activating group) is 2. The maximum atomic E-state index is 13.1. The summed E-state index contributed by atoms with van der Waals surface area (Å²) in [4.78, 5) is 14.9. The number of nitrogens with one attached hydrogen (secondary N) is 1. The van der Waals surface area contributed by atoms with Crippen molar-refractivity contribution in [3.63, 3.8) is 0 Å².